The summed E-state index contributed by atoms with van der Waals surface area (Å²) in [6.07, 6.45) is 5.06. The lowest BCUT2D eigenvalue weighted by Gasteiger charge is -2.29. The molecule has 1 aliphatic carbocycles. The Bertz CT molecular complexity index is 636. The van der Waals surface area contributed by atoms with E-state index in [1.807, 2.05) is 18.2 Å². The van der Waals surface area contributed by atoms with Crippen LogP contribution in [0.1, 0.15) is 37.1 Å². The van der Waals surface area contributed by atoms with E-state index in [0.717, 1.165) is 30.9 Å². The van der Waals surface area contributed by atoms with Crippen molar-refractivity contribution < 1.29 is 0 Å². The van der Waals surface area contributed by atoms with Crippen molar-refractivity contribution in [1.29, 1.82) is 0 Å². The fourth-order valence-corrected chi connectivity index (χ4v) is 2.98. The molecule has 0 radical (unpaired) electrons. The molecule has 3 rings (SSSR count). The van der Waals surface area contributed by atoms with Gasteiger partial charge in [-0.3, -0.25) is 0 Å². The number of fused-ring (bicyclic) bond motifs is 1. The van der Waals surface area contributed by atoms with Gasteiger partial charge in [-0.15, -0.1) is 0 Å². The first-order valence-corrected chi connectivity index (χ1v) is 7.59. The van der Waals surface area contributed by atoms with Crippen LogP contribution < -0.4 is 10.6 Å². The maximum atomic E-state index is 5.90. The molecule has 0 aliphatic heterocycles. The highest BCUT2D eigenvalue weighted by Gasteiger charge is 2.22. The lowest BCUT2D eigenvalue weighted by Crippen LogP contribution is -2.32. The zero-order chi connectivity index (χ0) is 14.8. The Kier molecular flexibility index (Phi) is 3.78. The molecule has 0 atom stereocenters. The molecule has 4 heteroatoms. The van der Waals surface area contributed by atoms with E-state index in [0.29, 0.717) is 6.04 Å². The molecule has 0 amide bonds. The van der Waals surface area contributed by atoms with Gasteiger partial charge in [0.25, 0.3) is 0 Å². The number of aromatic nitrogens is 2. The predicted octanol–water partition coefficient (Wildman–Crippen LogP) is 2.96. The van der Waals surface area contributed by atoms with Crippen LogP contribution in [0.5, 0.6) is 0 Å². The molecular formula is C17H22N4. The van der Waals surface area contributed by atoms with Gasteiger partial charge in [0.15, 0.2) is 0 Å². The highest BCUT2D eigenvalue weighted by Crippen LogP contribution is 2.30. The van der Waals surface area contributed by atoms with E-state index in [4.69, 9.17) is 5.73 Å². The first-order chi connectivity index (χ1) is 10.1. The minimum absolute atomic E-state index is 0.381. The van der Waals surface area contributed by atoms with E-state index in [1.54, 1.807) is 6.33 Å². The SMILES string of the molecule is CC(C)N(Cc1cccc(N)c1)c1ncnc2c1CCC2. The highest BCUT2D eigenvalue weighted by atomic mass is 15.2. The summed E-state index contributed by atoms with van der Waals surface area (Å²) < 4.78 is 0. The quantitative estimate of drug-likeness (QED) is 0.876. The van der Waals surface area contributed by atoms with E-state index >= 15 is 0 Å². The third-order valence-corrected chi connectivity index (χ3v) is 4.05. The van der Waals surface area contributed by atoms with Gasteiger partial charge in [0.05, 0.1) is 0 Å². The zero-order valence-electron chi connectivity index (χ0n) is 12.7. The Morgan fingerprint density at radius 3 is 2.86 bits per heavy atom. The minimum atomic E-state index is 0.381. The number of hydrogen-bond acceptors (Lipinski definition) is 4. The predicted molar refractivity (Wildman–Crippen MR) is 86.2 cm³/mol. The number of hydrogen-bond donors (Lipinski definition) is 1. The number of aryl methyl sites for hydroxylation is 1. The Balaban J connectivity index is 1.94. The van der Waals surface area contributed by atoms with Gasteiger partial charge in [0.2, 0.25) is 0 Å². The van der Waals surface area contributed by atoms with Crippen LogP contribution in [0.4, 0.5) is 11.5 Å². The molecule has 4 nitrogen and oxygen atoms in total. The van der Waals surface area contributed by atoms with Crippen LogP contribution in [-0.4, -0.2) is 16.0 Å². The summed E-state index contributed by atoms with van der Waals surface area (Å²) in [5.74, 6) is 1.09. The average molecular weight is 282 g/mol. The summed E-state index contributed by atoms with van der Waals surface area (Å²) in [6.45, 7) is 5.23. The Morgan fingerprint density at radius 2 is 2.10 bits per heavy atom. The topological polar surface area (TPSA) is 55.0 Å². The second-order valence-corrected chi connectivity index (χ2v) is 5.94. The van der Waals surface area contributed by atoms with Crippen LogP contribution in [0, 0.1) is 0 Å². The molecule has 21 heavy (non-hydrogen) atoms. The second-order valence-electron chi connectivity index (χ2n) is 5.94. The molecule has 2 aromatic rings. The standard InChI is InChI=1S/C17H22N4/c1-12(2)21(10-13-5-3-6-14(18)9-13)17-15-7-4-8-16(15)19-11-20-17/h3,5-6,9,11-12H,4,7-8,10,18H2,1-2H3. The molecule has 110 valence electrons. The molecule has 2 N–H and O–H groups in total. The molecule has 0 saturated heterocycles. The smallest absolute Gasteiger partial charge is 0.135 e. The summed E-state index contributed by atoms with van der Waals surface area (Å²) in [5.41, 5.74) is 10.5. The van der Waals surface area contributed by atoms with Crippen LogP contribution in [0.2, 0.25) is 0 Å². The molecule has 0 unspecified atom stereocenters. The Hall–Kier alpha value is -2.10. The van der Waals surface area contributed by atoms with Crippen molar-refractivity contribution in [3.63, 3.8) is 0 Å². The van der Waals surface area contributed by atoms with Crippen molar-refractivity contribution in [3.8, 4) is 0 Å². The van der Waals surface area contributed by atoms with Crippen molar-refractivity contribution in [2.24, 2.45) is 0 Å². The van der Waals surface area contributed by atoms with Crippen molar-refractivity contribution >= 4 is 11.5 Å². The van der Waals surface area contributed by atoms with Crippen molar-refractivity contribution in [3.05, 3.63) is 47.4 Å². The van der Waals surface area contributed by atoms with E-state index < -0.39 is 0 Å². The number of rotatable bonds is 4. The maximum Gasteiger partial charge on any atom is 0.135 e. The van der Waals surface area contributed by atoms with Gasteiger partial charge in [-0.25, -0.2) is 9.97 Å². The molecule has 1 heterocycles. The van der Waals surface area contributed by atoms with Gasteiger partial charge in [-0.1, -0.05) is 12.1 Å². The number of benzene rings is 1. The van der Waals surface area contributed by atoms with E-state index in [-0.39, 0.29) is 0 Å². The summed E-state index contributed by atoms with van der Waals surface area (Å²) >= 11 is 0. The number of nitrogens with two attached hydrogens (primary N) is 1. The lowest BCUT2D eigenvalue weighted by atomic mass is 10.1. The molecule has 0 fully saturated rings. The number of anilines is 2. The van der Waals surface area contributed by atoms with E-state index in [2.05, 4.69) is 34.8 Å². The highest BCUT2D eigenvalue weighted by molar-refractivity contribution is 5.52. The molecule has 0 spiro atoms. The zero-order valence-corrected chi connectivity index (χ0v) is 12.7. The van der Waals surface area contributed by atoms with Gasteiger partial charge in [-0.2, -0.15) is 0 Å². The first-order valence-electron chi connectivity index (χ1n) is 7.59. The third kappa shape index (κ3) is 2.84. The van der Waals surface area contributed by atoms with Gasteiger partial charge in [0, 0.05) is 29.5 Å². The minimum Gasteiger partial charge on any atom is -0.399 e. The van der Waals surface area contributed by atoms with Crippen LogP contribution in [0.3, 0.4) is 0 Å². The summed E-state index contributed by atoms with van der Waals surface area (Å²) in [6, 6.07) is 8.47. The van der Waals surface area contributed by atoms with Crippen molar-refractivity contribution in [2.45, 2.75) is 45.7 Å². The Morgan fingerprint density at radius 1 is 1.24 bits per heavy atom. The fraction of sp³-hybridized carbons (Fsp3) is 0.412. The normalized spacial score (nSPS) is 13.5. The van der Waals surface area contributed by atoms with Crippen LogP contribution >= 0.6 is 0 Å². The molecule has 0 bridgehead atoms. The van der Waals surface area contributed by atoms with Gasteiger partial charge in [0.1, 0.15) is 12.1 Å². The summed E-state index contributed by atoms with van der Waals surface area (Å²) in [7, 11) is 0. The van der Waals surface area contributed by atoms with Crippen LogP contribution in [0.15, 0.2) is 30.6 Å². The van der Waals surface area contributed by atoms with Gasteiger partial charge >= 0.3 is 0 Å². The largest absolute Gasteiger partial charge is 0.399 e. The molecule has 1 aromatic carbocycles. The first kappa shape index (κ1) is 13.9. The summed E-state index contributed by atoms with van der Waals surface area (Å²) in [5, 5.41) is 0. The molecule has 0 saturated carbocycles. The molecule has 1 aliphatic rings. The van der Waals surface area contributed by atoms with Crippen LogP contribution in [0.25, 0.3) is 0 Å². The van der Waals surface area contributed by atoms with Gasteiger partial charge in [-0.05, 0) is 50.8 Å². The fourth-order valence-electron chi connectivity index (χ4n) is 2.98. The monoisotopic (exact) mass is 282 g/mol. The van der Waals surface area contributed by atoms with Crippen molar-refractivity contribution in [1.82, 2.24) is 9.97 Å². The van der Waals surface area contributed by atoms with E-state index in [1.165, 1.54) is 23.2 Å². The third-order valence-electron chi connectivity index (χ3n) is 4.05. The molecular weight excluding hydrogens is 260 g/mol. The average Bonchev–Trinajstić information content (AvgIpc) is 2.93. The molecule has 1 aromatic heterocycles. The number of nitrogen functional groups attached to an aromatic ring is 1. The second kappa shape index (κ2) is 5.72. The lowest BCUT2D eigenvalue weighted by molar-refractivity contribution is 0.667. The maximum absolute atomic E-state index is 5.90. The summed E-state index contributed by atoms with van der Waals surface area (Å²) in [4.78, 5) is 11.3. The number of nitrogens with zero attached hydrogens (tertiary/aromatic N) is 3. The van der Waals surface area contributed by atoms with Crippen molar-refractivity contribution in [2.75, 3.05) is 10.6 Å². The van der Waals surface area contributed by atoms with Crippen LogP contribution in [-0.2, 0) is 19.4 Å². The Labute approximate surface area is 126 Å². The van der Waals surface area contributed by atoms with Gasteiger partial charge < -0.3 is 10.6 Å². The van der Waals surface area contributed by atoms with E-state index in [9.17, 15) is 0 Å².